The summed E-state index contributed by atoms with van der Waals surface area (Å²) in [6.45, 7) is 6.75. The molecule has 8 heteroatoms. The van der Waals surface area contributed by atoms with E-state index in [4.69, 9.17) is 0 Å². The lowest BCUT2D eigenvalue weighted by atomic mass is 9.90. The second-order valence-electron chi connectivity index (χ2n) is 7.45. The Bertz CT molecular complexity index is 724. The third-order valence-corrected chi connectivity index (χ3v) is 9.01. The minimum Gasteiger partial charge on any atom is -0.342 e. The van der Waals surface area contributed by atoms with Crippen molar-refractivity contribution in [2.75, 3.05) is 26.2 Å². The number of hydrogen-bond donors (Lipinski definition) is 0. The lowest BCUT2D eigenvalue weighted by Crippen LogP contribution is -2.50. The molecule has 1 amide bonds. The predicted molar refractivity (Wildman–Crippen MR) is 103 cm³/mol. The zero-order valence-electron chi connectivity index (χ0n) is 14.7. The first-order valence-electron chi connectivity index (χ1n) is 8.81. The SMILES string of the molecule is CC1CC(C)CN(C(=O)C2CCCN(S(=O)(=O)c3ccc(Br)s3)C2)C1. The maximum Gasteiger partial charge on any atom is 0.252 e. The maximum atomic E-state index is 13.0. The molecule has 0 saturated carbocycles. The highest BCUT2D eigenvalue weighted by atomic mass is 79.9. The molecule has 2 aliphatic rings. The maximum absolute atomic E-state index is 13.0. The van der Waals surface area contributed by atoms with Crippen molar-refractivity contribution >= 4 is 43.2 Å². The number of sulfonamides is 1. The molecule has 5 nitrogen and oxygen atoms in total. The molecule has 0 aliphatic carbocycles. The molecule has 2 fully saturated rings. The summed E-state index contributed by atoms with van der Waals surface area (Å²) in [5.74, 6) is 0.939. The van der Waals surface area contributed by atoms with Crippen LogP contribution in [-0.2, 0) is 14.8 Å². The normalized spacial score (nSPS) is 28.9. The quantitative estimate of drug-likeness (QED) is 0.711. The molecule has 0 spiro atoms. The van der Waals surface area contributed by atoms with E-state index in [0.29, 0.717) is 29.1 Å². The standard InChI is InChI=1S/C17H25BrN2O3S2/c1-12-8-13(2)10-19(9-12)17(21)14-4-3-7-20(11-14)25(22,23)16-6-5-15(18)24-16/h5-6,12-14H,3-4,7-11H2,1-2H3. The van der Waals surface area contributed by atoms with Crippen molar-refractivity contribution in [2.24, 2.45) is 17.8 Å². The van der Waals surface area contributed by atoms with Crippen molar-refractivity contribution in [1.29, 1.82) is 0 Å². The van der Waals surface area contributed by atoms with Crippen LogP contribution in [0.4, 0.5) is 0 Å². The van der Waals surface area contributed by atoms with Crippen molar-refractivity contribution in [1.82, 2.24) is 9.21 Å². The van der Waals surface area contributed by atoms with E-state index in [1.807, 2.05) is 4.90 Å². The Labute approximate surface area is 162 Å². The summed E-state index contributed by atoms with van der Waals surface area (Å²) in [6.07, 6.45) is 2.67. The molecule has 0 radical (unpaired) electrons. The number of carbonyl (C=O) groups excluding carboxylic acids is 1. The highest BCUT2D eigenvalue weighted by Crippen LogP contribution is 2.32. The summed E-state index contributed by atoms with van der Waals surface area (Å²) in [6, 6.07) is 3.38. The molecule has 1 aromatic rings. The first-order chi connectivity index (χ1) is 11.8. The van der Waals surface area contributed by atoms with Crippen LogP contribution in [0.5, 0.6) is 0 Å². The van der Waals surface area contributed by atoms with Crippen LogP contribution >= 0.6 is 27.3 Å². The fourth-order valence-corrected chi connectivity index (χ4v) is 7.72. The van der Waals surface area contributed by atoms with E-state index in [1.54, 1.807) is 12.1 Å². The lowest BCUT2D eigenvalue weighted by molar-refractivity contribution is -0.139. The smallest absolute Gasteiger partial charge is 0.252 e. The predicted octanol–water partition coefficient (Wildman–Crippen LogP) is 3.42. The van der Waals surface area contributed by atoms with E-state index in [2.05, 4.69) is 29.8 Å². The van der Waals surface area contributed by atoms with Gasteiger partial charge in [-0.05, 0) is 59.2 Å². The number of carbonyl (C=O) groups is 1. The molecular formula is C17H25BrN2O3S2. The lowest BCUT2D eigenvalue weighted by Gasteiger charge is -2.39. The Morgan fingerprint density at radius 1 is 1.20 bits per heavy atom. The highest BCUT2D eigenvalue weighted by molar-refractivity contribution is 9.11. The molecule has 0 bridgehead atoms. The number of hydrogen-bond acceptors (Lipinski definition) is 4. The highest BCUT2D eigenvalue weighted by Gasteiger charge is 2.37. The average molecular weight is 449 g/mol. The Hall–Kier alpha value is -0.440. The van der Waals surface area contributed by atoms with Crippen LogP contribution in [0.25, 0.3) is 0 Å². The molecule has 25 heavy (non-hydrogen) atoms. The van der Waals surface area contributed by atoms with Gasteiger partial charge in [0.05, 0.1) is 9.70 Å². The van der Waals surface area contributed by atoms with E-state index >= 15 is 0 Å². The molecule has 0 N–H and O–H groups in total. The minimum atomic E-state index is -3.51. The van der Waals surface area contributed by atoms with Crippen LogP contribution in [-0.4, -0.2) is 49.7 Å². The Balaban J connectivity index is 1.71. The van der Waals surface area contributed by atoms with E-state index in [-0.39, 0.29) is 11.8 Å². The van der Waals surface area contributed by atoms with Gasteiger partial charge in [0.25, 0.3) is 10.0 Å². The second-order valence-corrected chi connectivity index (χ2v) is 12.1. The van der Waals surface area contributed by atoms with Crippen LogP contribution in [0.2, 0.25) is 0 Å². The Morgan fingerprint density at radius 2 is 1.88 bits per heavy atom. The molecule has 2 saturated heterocycles. The van der Waals surface area contributed by atoms with Gasteiger partial charge in [0.2, 0.25) is 5.91 Å². The first-order valence-corrected chi connectivity index (χ1v) is 11.9. The number of amides is 1. The van der Waals surface area contributed by atoms with Gasteiger partial charge < -0.3 is 4.90 Å². The molecular weight excluding hydrogens is 424 g/mol. The second kappa shape index (κ2) is 7.66. The number of halogens is 1. The topological polar surface area (TPSA) is 57.7 Å². The summed E-state index contributed by atoms with van der Waals surface area (Å²) in [4.78, 5) is 14.9. The number of rotatable bonds is 3. The molecule has 0 aromatic carbocycles. The van der Waals surface area contributed by atoms with Gasteiger partial charge in [0.1, 0.15) is 4.21 Å². The Kier molecular flexibility index (Phi) is 5.92. The van der Waals surface area contributed by atoms with Crippen LogP contribution in [0.1, 0.15) is 33.1 Å². The largest absolute Gasteiger partial charge is 0.342 e. The van der Waals surface area contributed by atoms with Gasteiger partial charge in [-0.1, -0.05) is 13.8 Å². The van der Waals surface area contributed by atoms with Gasteiger partial charge >= 0.3 is 0 Å². The van der Waals surface area contributed by atoms with Crippen molar-refractivity contribution in [2.45, 2.75) is 37.3 Å². The summed E-state index contributed by atoms with van der Waals surface area (Å²) in [7, 11) is -3.51. The molecule has 3 unspecified atom stereocenters. The summed E-state index contributed by atoms with van der Waals surface area (Å²) in [5.41, 5.74) is 0. The summed E-state index contributed by atoms with van der Waals surface area (Å²) < 4.78 is 28.3. The van der Waals surface area contributed by atoms with Crippen molar-refractivity contribution in [3.8, 4) is 0 Å². The minimum absolute atomic E-state index is 0.130. The van der Waals surface area contributed by atoms with Crippen LogP contribution < -0.4 is 0 Å². The van der Waals surface area contributed by atoms with E-state index < -0.39 is 10.0 Å². The van der Waals surface area contributed by atoms with Crippen molar-refractivity contribution < 1.29 is 13.2 Å². The van der Waals surface area contributed by atoms with Crippen LogP contribution in [0.15, 0.2) is 20.1 Å². The van der Waals surface area contributed by atoms with Gasteiger partial charge in [-0.15, -0.1) is 11.3 Å². The first kappa shape index (κ1) is 19.3. The van der Waals surface area contributed by atoms with Gasteiger partial charge in [-0.2, -0.15) is 4.31 Å². The number of likely N-dealkylation sites (tertiary alicyclic amines) is 1. The number of thiophene rings is 1. The average Bonchev–Trinajstić information content (AvgIpc) is 3.00. The molecule has 3 heterocycles. The zero-order valence-corrected chi connectivity index (χ0v) is 17.9. The van der Waals surface area contributed by atoms with Crippen molar-refractivity contribution in [3.63, 3.8) is 0 Å². The fourth-order valence-electron chi connectivity index (χ4n) is 4.03. The van der Waals surface area contributed by atoms with Crippen LogP contribution in [0, 0.1) is 17.8 Å². The van der Waals surface area contributed by atoms with Gasteiger partial charge in [0.15, 0.2) is 0 Å². The third-order valence-electron chi connectivity index (χ3n) is 5.06. The summed E-state index contributed by atoms with van der Waals surface area (Å²) in [5, 5.41) is 0. The fraction of sp³-hybridized carbons (Fsp3) is 0.706. The summed E-state index contributed by atoms with van der Waals surface area (Å²) >= 11 is 4.54. The monoisotopic (exact) mass is 448 g/mol. The van der Waals surface area contributed by atoms with Gasteiger partial charge in [-0.3, -0.25) is 4.79 Å². The molecule has 140 valence electrons. The molecule has 3 rings (SSSR count). The molecule has 2 aliphatic heterocycles. The molecule has 1 aromatic heterocycles. The Morgan fingerprint density at radius 3 is 2.48 bits per heavy atom. The van der Waals surface area contributed by atoms with Gasteiger partial charge in [0, 0.05) is 26.2 Å². The third kappa shape index (κ3) is 4.28. The zero-order chi connectivity index (χ0) is 18.2. The number of piperidine rings is 2. The number of nitrogens with zero attached hydrogens (tertiary/aromatic N) is 2. The van der Waals surface area contributed by atoms with Gasteiger partial charge in [-0.25, -0.2) is 8.42 Å². The molecule has 3 atom stereocenters. The van der Waals surface area contributed by atoms with E-state index in [0.717, 1.165) is 36.1 Å². The van der Waals surface area contributed by atoms with Crippen LogP contribution in [0.3, 0.4) is 0 Å². The van der Waals surface area contributed by atoms with Crippen molar-refractivity contribution in [3.05, 3.63) is 15.9 Å². The van der Waals surface area contributed by atoms with E-state index in [1.165, 1.54) is 15.6 Å². The van der Waals surface area contributed by atoms with E-state index in [9.17, 15) is 13.2 Å².